The van der Waals surface area contributed by atoms with E-state index in [4.69, 9.17) is 9.47 Å². The van der Waals surface area contributed by atoms with Gasteiger partial charge in [-0.15, -0.1) is 0 Å². The van der Waals surface area contributed by atoms with E-state index in [-0.39, 0.29) is 11.4 Å². The van der Waals surface area contributed by atoms with E-state index in [0.717, 1.165) is 11.1 Å². The monoisotopic (exact) mass is 452 g/mol. The summed E-state index contributed by atoms with van der Waals surface area (Å²) in [6.45, 7) is 3.68. The number of sulfonamides is 1. The van der Waals surface area contributed by atoms with E-state index in [1.54, 1.807) is 36.4 Å². The SMILES string of the molecule is COc1ccc(S(=O)(=O)N2C[C@H](C(=O)Nc3ccc(C)cc3)Oc3cc(C)ccc32)cc1. The van der Waals surface area contributed by atoms with Crippen LogP contribution in [0.15, 0.2) is 71.6 Å². The number of carbonyl (C=O) groups excluding carboxylic acids is 1. The number of anilines is 2. The standard InChI is InChI=1S/C24H24N2O5S/c1-16-4-7-18(8-5-16)25-24(27)23-15-26(21-13-6-17(2)14-22(21)31-23)32(28,29)20-11-9-19(30-3)10-12-20/h4-14,23H,15H2,1-3H3,(H,25,27)/t23-/m1/s1. The Morgan fingerprint density at radius 2 is 1.66 bits per heavy atom. The summed E-state index contributed by atoms with van der Waals surface area (Å²) >= 11 is 0. The Morgan fingerprint density at radius 3 is 2.31 bits per heavy atom. The number of nitrogens with one attached hydrogen (secondary N) is 1. The van der Waals surface area contributed by atoms with Crippen molar-refractivity contribution in [1.82, 2.24) is 0 Å². The fourth-order valence-electron chi connectivity index (χ4n) is 3.46. The fourth-order valence-corrected chi connectivity index (χ4v) is 4.94. The highest BCUT2D eigenvalue weighted by atomic mass is 32.2. The Labute approximate surface area is 187 Å². The van der Waals surface area contributed by atoms with Gasteiger partial charge in [-0.2, -0.15) is 0 Å². The summed E-state index contributed by atoms with van der Waals surface area (Å²) in [5.74, 6) is 0.477. The first-order chi connectivity index (χ1) is 15.3. The maximum atomic E-state index is 13.5. The first-order valence-corrected chi connectivity index (χ1v) is 11.5. The molecule has 1 heterocycles. The van der Waals surface area contributed by atoms with Gasteiger partial charge in [-0.25, -0.2) is 8.42 Å². The smallest absolute Gasteiger partial charge is 0.267 e. The third-order valence-electron chi connectivity index (χ3n) is 5.24. The van der Waals surface area contributed by atoms with E-state index in [1.165, 1.54) is 23.5 Å². The lowest BCUT2D eigenvalue weighted by Gasteiger charge is -2.35. The van der Waals surface area contributed by atoms with Crippen LogP contribution in [0, 0.1) is 13.8 Å². The minimum atomic E-state index is -3.94. The molecule has 0 bridgehead atoms. The second-order valence-electron chi connectivity index (χ2n) is 7.64. The van der Waals surface area contributed by atoms with Gasteiger partial charge in [0.1, 0.15) is 11.5 Å². The lowest BCUT2D eigenvalue weighted by molar-refractivity contribution is -0.122. The van der Waals surface area contributed by atoms with Crippen LogP contribution in [0.2, 0.25) is 0 Å². The summed E-state index contributed by atoms with van der Waals surface area (Å²) in [5.41, 5.74) is 2.97. The van der Waals surface area contributed by atoms with Crippen molar-refractivity contribution < 1.29 is 22.7 Å². The Hall–Kier alpha value is -3.52. The molecule has 0 radical (unpaired) electrons. The van der Waals surface area contributed by atoms with Gasteiger partial charge in [-0.05, 0) is 67.9 Å². The first-order valence-electron chi connectivity index (χ1n) is 10.1. The van der Waals surface area contributed by atoms with Crippen molar-refractivity contribution in [2.75, 3.05) is 23.3 Å². The number of nitrogens with zero attached hydrogens (tertiary/aromatic N) is 1. The molecule has 166 valence electrons. The normalized spacial score (nSPS) is 15.5. The van der Waals surface area contributed by atoms with Crippen molar-refractivity contribution in [2.24, 2.45) is 0 Å². The van der Waals surface area contributed by atoms with E-state index in [9.17, 15) is 13.2 Å². The molecule has 0 fully saturated rings. The van der Waals surface area contributed by atoms with Crippen molar-refractivity contribution in [1.29, 1.82) is 0 Å². The maximum Gasteiger partial charge on any atom is 0.267 e. The molecule has 7 nitrogen and oxygen atoms in total. The summed E-state index contributed by atoms with van der Waals surface area (Å²) in [7, 11) is -2.43. The maximum absolute atomic E-state index is 13.5. The number of ether oxygens (including phenoxy) is 2. The summed E-state index contributed by atoms with van der Waals surface area (Å²) in [5, 5.41) is 2.81. The number of hydrogen-bond donors (Lipinski definition) is 1. The molecule has 0 unspecified atom stereocenters. The topological polar surface area (TPSA) is 84.9 Å². The van der Waals surface area contributed by atoms with Gasteiger partial charge in [0.2, 0.25) is 0 Å². The molecular formula is C24H24N2O5S. The van der Waals surface area contributed by atoms with Crippen LogP contribution < -0.4 is 19.1 Å². The van der Waals surface area contributed by atoms with Gasteiger partial charge < -0.3 is 14.8 Å². The fraction of sp³-hybridized carbons (Fsp3) is 0.208. The van der Waals surface area contributed by atoms with Crippen LogP contribution >= 0.6 is 0 Å². The van der Waals surface area contributed by atoms with Crippen molar-refractivity contribution in [3.05, 3.63) is 77.9 Å². The molecule has 1 aliphatic rings. The molecule has 0 saturated carbocycles. The molecule has 4 rings (SSSR count). The predicted molar refractivity (Wildman–Crippen MR) is 123 cm³/mol. The molecule has 3 aromatic rings. The Balaban J connectivity index is 1.68. The van der Waals surface area contributed by atoms with Gasteiger partial charge in [0, 0.05) is 5.69 Å². The molecule has 8 heteroatoms. The predicted octanol–water partition coefficient (Wildman–Crippen LogP) is 3.91. The van der Waals surface area contributed by atoms with E-state index in [2.05, 4.69) is 5.32 Å². The Morgan fingerprint density at radius 1 is 1.00 bits per heavy atom. The van der Waals surface area contributed by atoms with Crippen LogP contribution in [0.25, 0.3) is 0 Å². The second-order valence-corrected chi connectivity index (χ2v) is 9.51. The summed E-state index contributed by atoms with van der Waals surface area (Å²) < 4.78 is 39.3. The Bertz CT molecular complexity index is 1240. The molecule has 0 aliphatic carbocycles. The highest BCUT2D eigenvalue weighted by molar-refractivity contribution is 7.92. The third-order valence-corrected chi connectivity index (χ3v) is 7.04. The lowest BCUT2D eigenvalue weighted by atomic mass is 10.1. The summed E-state index contributed by atoms with van der Waals surface area (Å²) in [6, 6.07) is 18.7. The summed E-state index contributed by atoms with van der Waals surface area (Å²) in [4.78, 5) is 13.1. The van der Waals surface area contributed by atoms with Crippen molar-refractivity contribution in [2.45, 2.75) is 24.8 Å². The van der Waals surface area contributed by atoms with Crippen LogP contribution in [-0.4, -0.2) is 34.1 Å². The number of aryl methyl sites for hydroxylation is 2. The zero-order valence-electron chi connectivity index (χ0n) is 18.0. The molecule has 1 N–H and O–H groups in total. The number of methoxy groups -OCH3 is 1. The average Bonchev–Trinajstić information content (AvgIpc) is 2.79. The molecular weight excluding hydrogens is 428 g/mol. The number of benzene rings is 3. The quantitative estimate of drug-likeness (QED) is 0.635. The molecule has 0 spiro atoms. The van der Waals surface area contributed by atoms with E-state index in [1.807, 2.05) is 32.0 Å². The average molecular weight is 453 g/mol. The molecule has 1 atom stereocenters. The molecule has 32 heavy (non-hydrogen) atoms. The van der Waals surface area contributed by atoms with Gasteiger partial charge in [-0.3, -0.25) is 9.10 Å². The Kier molecular flexibility index (Phi) is 5.80. The molecule has 0 aromatic heterocycles. The van der Waals surface area contributed by atoms with Gasteiger partial charge in [-0.1, -0.05) is 23.8 Å². The van der Waals surface area contributed by atoms with Gasteiger partial charge in [0.25, 0.3) is 15.9 Å². The van der Waals surface area contributed by atoms with Crippen LogP contribution in [0.1, 0.15) is 11.1 Å². The zero-order chi connectivity index (χ0) is 22.9. The largest absolute Gasteiger partial charge is 0.497 e. The molecule has 1 aliphatic heterocycles. The van der Waals surface area contributed by atoms with Gasteiger partial charge in [0.05, 0.1) is 24.2 Å². The minimum Gasteiger partial charge on any atom is -0.497 e. The molecule has 0 saturated heterocycles. The third kappa shape index (κ3) is 4.27. The van der Waals surface area contributed by atoms with Gasteiger partial charge in [0.15, 0.2) is 6.10 Å². The van der Waals surface area contributed by atoms with Crippen molar-refractivity contribution in [3.8, 4) is 11.5 Å². The zero-order valence-corrected chi connectivity index (χ0v) is 18.8. The van der Waals surface area contributed by atoms with Crippen LogP contribution in [0.5, 0.6) is 11.5 Å². The van der Waals surface area contributed by atoms with Crippen LogP contribution in [0.3, 0.4) is 0 Å². The van der Waals surface area contributed by atoms with E-state index in [0.29, 0.717) is 22.9 Å². The first kappa shape index (κ1) is 21.7. The molecule has 1 amide bonds. The highest BCUT2D eigenvalue weighted by Gasteiger charge is 2.37. The number of fused-ring (bicyclic) bond motifs is 1. The van der Waals surface area contributed by atoms with E-state index < -0.39 is 22.0 Å². The van der Waals surface area contributed by atoms with Crippen LogP contribution in [-0.2, 0) is 14.8 Å². The number of amides is 1. The highest BCUT2D eigenvalue weighted by Crippen LogP contribution is 2.38. The summed E-state index contributed by atoms with van der Waals surface area (Å²) in [6.07, 6.45) is -1.02. The van der Waals surface area contributed by atoms with E-state index >= 15 is 0 Å². The van der Waals surface area contributed by atoms with Gasteiger partial charge >= 0.3 is 0 Å². The van der Waals surface area contributed by atoms with Crippen molar-refractivity contribution in [3.63, 3.8) is 0 Å². The second kappa shape index (κ2) is 8.55. The van der Waals surface area contributed by atoms with Crippen LogP contribution in [0.4, 0.5) is 11.4 Å². The lowest BCUT2D eigenvalue weighted by Crippen LogP contribution is -2.48. The van der Waals surface area contributed by atoms with Crippen molar-refractivity contribution >= 4 is 27.3 Å². The minimum absolute atomic E-state index is 0.101. The molecule has 3 aromatic carbocycles. The number of carbonyl (C=O) groups is 1. The number of rotatable bonds is 5. The number of hydrogen-bond acceptors (Lipinski definition) is 5.